The molecule has 1 unspecified atom stereocenters. The number of halogens is 1. The zero-order valence-corrected chi connectivity index (χ0v) is 21.2. The van der Waals surface area contributed by atoms with Gasteiger partial charge in [-0.3, -0.25) is 9.79 Å². The van der Waals surface area contributed by atoms with Crippen LogP contribution < -0.4 is 11.1 Å². The molecular formula is C21H40IN5OS. The maximum atomic E-state index is 11.5. The van der Waals surface area contributed by atoms with Gasteiger partial charge in [0.05, 0.1) is 5.92 Å². The van der Waals surface area contributed by atoms with Gasteiger partial charge in [-0.1, -0.05) is 19.3 Å². The maximum absolute atomic E-state index is 11.5. The number of guanidine groups is 1. The highest BCUT2D eigenvalue weighted by molar-refractivity contribution is 14.0. The number of hydrogen-bond acceptors (Lipinski definition) is 4. The number of likely N-dealkylation sites (tertiary alicyclic amines) is 1. The Bertz CT molecular complexity index is 536. The Labute approximate surface area is 198 Å². The van der Waals surface area contributed by atoms with Crippen molar-refractivity contribution in [1.82, 2.24) is 15.1 Å². The van der Waals surface area contributed by atoms with E-state index in [2.05, 4.69) is 33.8 Å². The van der Waals surface area contributed by atoms with E-state index in [1.54, 1.807) is 0 Å². The highest BCUT2D eigenvalue weighted by Crippen LogP contribution is 2.42. The molecule has 2 heterocycles. The van der Waals surface area contributed by atoms with Crippen molar-refractivity contribution in [2.24, 2.45) is 16.6 Å². The Morgan fingerprint density at radius 3 is 2.76 bits per heavy atom. The smallest absolute Gasteiger partial charge is 0.221 e. The summed E-state index contributed by atoms with van der Waals surface area (Å²) in [6, 6.07) is 0. The lowest BCUT2D eigenvalue weighted by atomic mass is 9.87. The first-order chi connectivity index (χ1) is 13.6. The number of carbonyl (C=O) groups is 1. The fraction of sp³-hybridized carbons (Fsp3) is 0.905. The van der Waals surface area contributed by atoms with Crippen molar-refractivity contribution in [1.29, 1.82) is 0 Å². The molecule has 6 nitrogen and oxygen atoms in total. The van der Waals surface area contributed by atoms with Crippen molar-refractivity contribution in [3.05, 3.63) is 0 Å². The van der Waals surface area contributed by atoms with Gasteiger partial charge in [0, 0.05) is 43.2 Å². The molecule has 3 aliphatic rings. The molecule has 2 saturated heterocycles. The van der Waals surface area contributed by atoms with Gasteiger partial charge in [-0.05, 0) is 52.1 Å². The average Bonchev–Trinajstić information content (AvgIpc) is 2.71. The lowest BCUT2D eigenvalue weighted by molar-refractivity contribution is -0.123. The van der Waals surface area contributed by atoms with Gasteiger partial charge in [0.1, 0.15) is 0 Å². The lowest BCUT2D eigenvalue weighted by Gasteiger charge is -2.45. The quantitative estimate of drug-likeness (QED) is 0.236. The van der Waals surface area contributed by atoms with Crippen molar-refractivity contribution in [2.75, 3.05) is 51.6 Å². The molecule has 3 rings (SSSR count). The average molecular weight is 538 g/mol. The topological polar surface area (TPSA) is 74.0 Å². The summed E-state index contributed by atoms with van der Waals surface area (Å²) in [5, 5.41) is 3.53. The van der Waals surface area contributed by atoms with Crippen molar-refractivity contribution < 1.29 is 4.79 Å². The molecule has 1 atom stereocenters. The van der Waals surface area contributed by atoms with Crippen LogP contribution >= 0.6 is 35.7 Å². The normalized spacial score (nSPS) is 25.5. The molecule has 1 aliphatic carbocycles. The molecule has 8 heteroatoms. The fourth-order valence-electron chi connectivity index (χ4n) is 4.92. The first-order valence-electron chi connectivity index (χ1n) is 11.3. The van der Waals surface area contributed by atoms with Crippen LogP contribution in [0.15, 0.2) is 4.99 Å². The predicted octanol–water partition coefficient (Wildman–Crippen LogP) is 2.91. The fourth-order valence-corrected chi connectivity index (χ4v) is 6.49. The van der Waals surface area contributed by atoms with Crippen LogP contribution in [0.3, 0.4) is 0 Å². The van der Waals surface area contributed by atoms with Crippen LogP contribution in [0.25, 0.3) is 0 Å². The third kappa shape index (κ3) is 7.45. The number of hydrogen-bond donors (Lipinski definition) is 2. The number of amides is 1. The molecule has 3 fully saturated rings. The van der Waals surface area contributed by atoms with Crippen LogP contribution in [0.2, 0.25) is 0 Å². The first kappa shape index (κ1) is 25.0. The molecular weight excluding hydrogens is 497 g/mol. The molecule has 1 spiro atoms. The summed E-state index contributed by atoms with van der Waals surface area (Å²) in [6.45, 7) is 9.08. The van der Waals surface area contributed by atoms with Gasteiger partial charge < -0.3 is 20.9 Å². The molecule has 29 heavy (non-hydrogen) atoms. The second-order valence-electron chi connectivity index (χ2n) is 8.65. The Balaban J connectivity index is 0.00000300. The minimum Gasteiger partial charge on any atom is -0.369 e. The number of rotatable bonds is 6. The van der Waals surface area contributed by atoms with E-state index < -0.39 is 0 Å². The van der Waals surface area contributed by atoms with E-state index in [0.717, 1.165) is 71.0 Å². The lowest BCUT2D eigenvalue weighted by Crippen LogP contribution is -2.53. The van der Waals surface area contributed by atoms with E-state index >= 15 is 0 Å². The third-order valence-corrected chi connectivity index (χ3v) is 7.99. The first-order valence-corrected chi connectivity index (χ1v) is 12.3. The van der Waals surface area contributed by atoms with Gasteiger partial charge in [-0.2, -0.15) is 11.8 Å². The molecule has 0 aromatic heterocycles. The number of carbonyl (C=O) groups excluding carboxylic acids is 1. The second-order valence-corrected chi connectivity index (χ2v) is 10.2. The summed E-state index contributed by atoms with van der Waals surface area (Å²) >= 11 is 2.21. The molecule has 0 radical (unpaired) electrons. The summed E-state index contributed by atoms with van der Waals surface area (Å²) in [5.41, 5.74) is 5.50. The van der Waals surface area contributed by atoms with Crippen LogP contribution in [-0.4, -0.2) is 78.0 Å². The van der Waals surface area contributed by atoms with Gasteiger partial charge in [0.15, 0.2) is 5.96 Å². The molecule has 0 bridgehead atoms. The molecule has 0 aromatic carbocycles. The van der Waals surface area contributed by atoms with Crippen LogP contribution in [0.5, 0.6) is 0 Å². The summed E-state index contributed by atoms with van der Waals surface area (Å²) < 4.78 is 0.463. The van der Waals surface area contributed by atoms with Crippen LogP contribution in [0, 0.1) is 5.92 Å². The summed E-state index contributed by atoms with van der Waals surface area (Å²) in [7, 11) is 0. The summed E-state index contributed by atoms with van der Waals surface area (Å²) in [4.78, 5) is 21.3. The zero-order chi connectivity index (χ0) is 19.8. The van der Waals surface area contributed by atoms with E-state index in [-0.39, 0.29) is 35.8 Å². The van der Waals surface area contributed by atoms with E-state index in [9.17, 15) is 4.79 Å². The van der Waals surface area contributed by atoms with Crippen molar-refractivity contribution in [2.45, 2.75) is 63.0 Å². The summed E-state index contributed by atoms with van der Waals surface area (Å²) in [6.07, 6.45) is 9.97. The third-order valence-electron chi connectivity index (χ3n) is 6.45. The van der Waals surface area contributed by atoms with Crippen LogP contribution in [0.4, 0.5) is 0 Å². The van der Waals surface area contributed by atoms with Crippen LogP contribution in [-0.2, 0) is 4.79 Å². The number of aliphatic imine (C=N–C) groups is 1. The molecule has 1 amide bonds. The number of piperidine rings is 1. The molecule has 1 saturated carbocycles. The number of primary amides is 1. The minimum atomic E-state index is -0.142. The van der Waals surface area contributed by atoms with Crippen molar-refractivity contribution in [3.8, 4) is 0 Å². The van der Waals surface area contributed by atoms with Gasteiger partial charge in [-0.25, -0.2) is 0 Å². The zero-order valence-electron chi connectivity index (χ0n) is 18.0. The van der Waals surface area contributed by atoms with E-state index in [4.69, 9.17) is 10.7 Å². The highest BCUT2D eigenvalue weighted by Gasteiger charge is 2.38. The Hall–Kier alpha value is -0.220. The molecule has 0 aromatic rings. The van der Waals surface area contributed by atoms with Crippen LogP contribution in [0.1, 0.15) is 58.3 Å². The van der Waals surface area contributed by atoms with Gasteiger partial charge in [0.25, 0.3) is 0 Å². The Morgan fingerprint density at radius 2 is 2.03 bits per heavy atom. The Morgan fingerprint density at radius 1 is 1.24 bits per heavy atom. The molecule has 2 aliphatic heterocycles. The van der Waals surface area contributed by atoms with Crippen molar-refractivity contribution >= 4 is 47.6 Å². The maximum Gasteiger partial charge on any atom is 0.221 e. The number of nitrogens with two attached hydrogens (primary N) is 1. The minimum absolute atomic E-state index is 0. The number of nitrogens with zero attached hydrogens (tertiary/aromatic N) is 3. The molecule has 3 N–H and O–H groups in total. The second kappa shape index (κ2) is 12.6. The highest BCUT2D eigenvalue weighted by atomic mass is 127. The summed E-state index contributed by atoms with van der Waals surface area (Å²) in [5.74, 6) is 2.21. The predicted molar refractivity (Wildman–Crippen MR) is 134 cm³/mol. The number of thioether (sulfide) groups is 1. The standard InChI is InChI=1S/C21H39N5OS.HI/c1-2-23-20(26-14-15-28-21(17-26)9-4-3-5-10-21)24-11-7-13-25-12-6-8-18(16-25)19(22)27;/h18H,2-17H2,1H3,(H2,22,27)(H,23,24);1H. The van der Waals surface area contributed by atoms with E-state index in [1.165, 1.54) is 37.9 Å². The Kier molecular flexibility index (Phi) is 10.9. The van der Waals surface area contributed by atoms with Gasteiger partial charge in [0.2, 0.25) is 5.91 Å². The van der Waals surface area contributed by atoms with E-state index in [0.29, 0.717) is 4.75 Å². The van der Waals surface area contributed by atoms with E-state index in [1.807, 2.05) is 0 Å². The number of nitrogens with one attached hydrogen (secondary N) is 1. The monoisotopic (exact) mass is 537 g/mol. The largest absolute Gasteiger partial charge is 0.369 e. The van der Waals surface area contributed by atoms with Crippen molar-refractivity contribution in [3.63, 3.8) is 0 Å². The van der Waals surface area contributed by atoms with Gasteiger partial charge >= 0.3 is 0 Å². The molecule has 168 valence electrons. The van der Waals surface area contributed by atoms with Gasteiger partial charge in [-0.15, -0.1) is 24.0 Å². The SMILES string of the molecule is CCNC(=NCCCN1CCCC(C(N)=O)C1)N1CCSC2(CCCCC2)C1.I.